The van der Waals surface area contributed by atoms with Crippen molar-refractivity contribution in [2.75, 3.05) is 12.4 Å². The van der Waals surface area contributed by atoms with Gasteiger partial charge in [0, 0.05) is 27.6 Å². The van der Waals surface area contributed by atoms with E-state index in [1.54, 1.807) is 6.92 Å². The number of aryl methyl sites for hydroxylation is 1. The molecule has 0 unspecified atom stereocenters. The largest absolute Gasteiger partial charge is 0.505 e. The lowest BCUT2D eigenvalue weighted by Crippen LogP contribution is -2.08. The van der Waals surface area contributed by atoms with Gasteiger partial charge in [0.05, 0.1) is 45.0 Å². The number of aromatic hydroxyl groups is 2. The van der Waals surface area contributed by atoms with E-state index in [4.69, 9.17) is 39.6 Å². The molecule has 0 atom stereocenters. The predicted molar refractivity (Wildman–Crippen MR) is 282 cm³/mol. The van der Waals surface area contributed by atoms with Gasteiger partial charge in [0.2, 0.25) is 11.0 Å². The Morgan fingerprint density at radius 3 is 1.71 bits per heavy atom. The first-order valence-electron chi connectivity index (χ1n) is 21.4. The number of carbonyl (C=O) groups excluding carboxylic acids is 2. The Balaban J connectivity index is 0.00000108. The number of thiazole rings is 1. The molecule has 2 heterocycles. The van der Waals surface area contributed by atoms with Gasteiger partial charge in [-0.2, -0.15) is 61.5 Å². The summed E-state index contributed by atoms with van der Waals surface area (Å²) in [5.41, 5.74) is -0.337. The van der Waals surface area contributed by atoms with Crippen LogP contribution in [-0.4, -0.2) is 134 Å². The lowest BCUT2D eigenvalue weighted by molar-refractivity contribution is -0.191. The number of phenols is 1. The van der Waals surface area contributed by atoms with Crippen molar-refractivity contribution in [2.45, 2.75) is 32.9 Å². The summed E-state index contributed by atoms with van der Waals surface area (Å²) in [6.45, 7) is 1.46. The van der Waals surface area contributed by atoms with Gasteiger partial charge in [0.1, 0.15) is 37.5 Å². The molecule has 444 valence electrons. The maximum absolute atomic E-state index is 12.9. The number of azo groups is 3. The van der Waals surface area contributed by atoms with Gasteiger partial charge >= 0.3 is 27.4 Å². The highest BCUT2D eigenvalue weighted by Crippen LogP contribution is 2.44. The highest BCUT2D eigenvalue weighted by atomic mass is 32.2. The van der Waals surface area contributed by atoms with E-state index in [1.165, 1.54) is 29.5 Å². The molecule has 0 aliphatic heterocycles. The van der Waals surface area contributed by atoms with E-state index in [2.05, 4.69) is 40.8 Å². The molecule has 84 heavy (non-hydrogen) atoms. The maximum atomic E-state index is 12.9. The van der Waals surface area contributed by atoms with Gasteiger partial charge < -0.3 is 14.9 Å². The molecule has 0 aliphatic carbocycles. The van der Waals surface area contributed by atoms with Gasteiger partial charge in [-0.05, 0) is 79.6 Å². The van der Waals surface area contributed by atoms with E-state index in [0.717, 1.165) is 40.7 Å². The number of hydrogen-bond acceptors (Lipinski definition) is 30. The van der Waals surface area contributed by atoms with E-state index in [0.29, 0.717) is 39.3 Å². The van der Waals surface area contributed by atoms with Crippen LogP contribution in [0, 0.1) is 6.92 Å². The minimum absolute atomic E-state index is 0.0340. The normalized spacial score (nSPS) is 12.1. The summed E-state index contributed by atoms with van der Waals surface area (Å²) >= 11 is 1.30. The molecule has 8 aromatic rings. The van der Waals surface area contributed by atoms with Crippen LogP contribution in [0.15, 0.2) is 141 Å². The second kappa shape index (κ2) is 26.7. The van der Waals surface area contributed by atoms with Gasteiger partial charge in [-0.25, -0.2) is 4.98 Å². The number of para-hydroxylation sites is 1. The minimum atomic E-state index is -5.40. The Hall–Kier alpha value is -8.69. The summed E-state index contributed by atoms with van der Waals surface area (Å²) < 4.78 is 229. The maximum Gasteiger partial charge on any atom is 0.425 e. The highest BCUT2D eigenvalue weighted by Gasteiger charge is 2.28. The summed E-state index contributed by atoms with van der Waals surface area (Å²) in [5, 5.41) is 49.1. The third-order valence-electron chi connectivity index (χ3n) is 10.3. The molecule has 0 spiro atoms. The third kappa shape index (κ3) is 17.4. The second-order valence-electron chi connectivity index (χ2n) is 15.7. The molecule has 0 bridgehead atoms. The second-order valence-corrected chi connectivity index (χ2v) is 24.7. The Labute approximate surface area is 476 Å². The van der Waals surface area contributed by atoms with Gasteiger partial charge in [-0.1, -0.05) is 29.5 Å². The zero-order valence-electron chi connectivity index (χ0n) is 41.0. The molecule has 0 aliphatic rings. The molecular weight excluding hydrogens is 1290 g/mol. The first-order valence-corrected chi connectivity index (χ1v) is 31.6. The van der Waals surface area contributed by atoms with Gasteiger partial charge in [0.25, 0.3) is 50.6 Å². The summed E-state index contributed by atoms with van der Waals surface area (Å²) in [6.07, 6.45) is 0.929. The number of nitrogens with zero attached hydrogens (tertiary/aromatic N) is 9. The Morgan fingerprint density at radius 2 is 1.13 bits per heavy atom. The molecule has 43 heteroatoms. The average Bonchev–Trinajstić information content (AvgIpc) is 2.76. The van der Waals surface area contributed by atoms with E-state index in [-0.39, 0.29) is 47.1 Å². The zero-order chi connectivity index (χ0) is 62.9. The highest BCUT2D eigenvalue weighted by molar-refractivity contribution is 7.87. The van der Waals surface area contributed by atoms with Crippen LogP contribution in [0.2, 0.25) is 0 Å². The monoisotopic (exact) mass is 1320 g/mol. The molecule has 0 radical (unpaired) electrons. The fourth-order valence-electron chi connectivity index (χ4n) is 7.02. The quantitative estimate of drug-likeness (QED) is 0.0341. The molecule has 7 N–H and O–H groups in total. The van der Waals surface area contributed by atoms with Crippen molar-refractivity contribution < 1.29 is 115 Å². The first-order chi connectivity index (χ1) is 38.9. The Bertz CT molecular complexity index is 4840. The summed E-state index contributed by atoms with van der Waals surface area (Å²) in [7, 11) is -31.8. The number of fused-ring (bicyclic) bond motifs is 3. The van der Waals surface area contributed by atoms with Crippen molar-refractivity contribution in [1.82, 2.24) is 14.8 Å². The van der Waals surface area contributed by atoms with Crippen LogP contribution < -0.4 is 4.74 Å². The van der Waals surface area contributed by atoms with Crippen LogP contribution in [0.5, 0.6) is 17.4 Å². The van der Waals surface area contributed by atoms with E-state index in [1.807, 2.05) is 24.3 Å². The van der Waals surface area contributed by atoms with Gasteiger partial charge in [-0.15, -0.1) is 55.9 Å². The fourth-order valence-corrected chi connectivity index (χ4v) is 11.2. The van der Waals surface area contributed by atoms with Crippen molar-refractivity contribution in [3.8, 4) is 23.1 Å². The van der Waals surface area contributed by atoms with Crippen LogP contribution in [0.1, 0.15) is 12.0 Å². The minimum Gasteiger partial charge on any atom is -0.505 e. The zero-order valence-corrected chi connectivity index (χ0v) is 47.5. The number of phenolic OH excluding ortho intramolecular Hbond substituents is 1. The average molecular weight is 1320 g/mol. The summed E-state index contributed by atoms with van der Waals surface area (Å²) in [5.74, 6) is -2.21. The van der Waals surface area contributed by atoms with Gasteiger partial charge in [0.15, 0.2) is 11.4 Å². The van der Waals surface area contributed by atoms with E-state index in [9.17, 15) is 75.1 Å². The van der Waals surface area contributed by atoms with E-state index < -0.39 is 137 Å². The molecule has 6 aromatic carbocycles. The number of benzene rings is 6. The molecule has 2 aromatic heterocycles. The van der Waals surface area contributed by atoms with Gasteiger partial charge in [-0.3, -0.25) is 22.8 Å². The molecular formula is C41H31N9O26S8. The number of hydrogen-bond donors (Lipinski definition) is 7. The van der Waals surface area contributed by atoms with Crippen LogP contribution in [-0.2, 0) is 81.4 Å². The van der Waals surface area contributed by atoms with Crippen LogP contribution in [0.3, 0.4) is 0 Å². The molecule has 0 fully saturated rings. The van der Waals surface area contributed by atoms with Crippen molar-refractivity contribution in [1.29, 1.82) is 0 Å². The Kier molecular flexibility index (Phi) is 21.0. The van der Waals surface area contributed by atoms with Crippen LogP contribution >= 0.6 is 11.3 Å². The smallest absolute Gasteiger partial charge is 0.425 e. The lowest BCUT2D eigenvalue weighted by Gasteiger charge is -2.13. The van der Waals surface area contributed by atoms with Crippen molar-refractivity contribution in [3.63, 3.8) is 0 Å². The summed E-state index contributed by atoms with van der Waals surface area (Å²) in [4.78, 5) is 16.2. The van der Waals surface area contributed by atoms with Crippen molar-refractivity contribution in [2.24, 2.45) is 30.7 Å². The fraction of sp³-hybridized carbons (Fsp3) is 0.0976. The first kappa shape index (κ1) is 66.1. The Morgan fingerprint density at radius 1 is 0.595 bits per heavy atom. The molecule has 8 rings (SSSR count). The number of aromatic nitrogens is 3. The van der Waals surface area contributed by atoms with Crippen molar-refractivity contribution in [3.05, 3.63) is 96.7 Å². The van der Waals surface area contributed by atoms with E-state index >= 15 is 0 Å². The molecule has 0 saturated heterocycles. The SMILES string of the molecule is Cc1cc(N=Nc2ccc3c(S(=O)(=O)O)c(N=Nc4cnn(-c5cc(S(=O)(=O)O)c6cc(S(=O)(=O)O)cc(S(=O)(=O)O)c6c5)c4O)ccc3c2O)c(OCCCS(=O)(=O)O)cc1N=Nc1nc2ccccc2s1.O=C=O.O=S(=O)=O.O=S(=O)=O. The summed E-state index contributed by atoms with van der Waals surface area (Å²) in [6, 6.07) is 17.0. The van der Waals surface area contributed by atoms with Crippen LogP contribution in [0.25, 0.3) is 37.4 Å². The number of ether oxygens (including phenoxy) is 1. The molecule has 0 amide bonds. The molecule has 0 saturated carbocycles. The standard InChI is InChI=1S/C40H31N9O18S6.CO2.2O3S/c1-20-13-31(33(67-11-4-12-69(52,53)54)18-30(20)45-48-40-42-27-5-2-3-6-34(27)68-40)46-43-28-9-8-24-23(37(28)50)7-10-29(38(24)73(64,65)66)44-47-32-19-41-49(39(32)51)21-14-25-26(35(15-21)71(58,59)60)16-22(70(55,56)57)17-36(25)72(61,62)63;2-1-3;2*1-4(2)3/h2-3,5-10,13-19,50-51H,4,11-12H2,1H3,(H,52,53,54)(H,55,56,57)(H,58,59,60)(H,61,62,63)(H,64,65,66);;;. The predicted octanol–water partition coefficient (Wildman–Crippen LogP) is 5.81. The van der Waals surface area contributed by atoms with Crippen molar-refractivity contribution >= 4 is 155 Å². The third-order valence-corrected chi connectivity index (χ3v) is 15.5. The lowest BCUT2D eigenvalue weighted by atomic mass is 10.1. The molecule has 35 nitrogen and oxygen atoms in total. The number of rotatable bonds is 16. The van der Waals surface area contributed by atoms with Crippen LogP contribution in [0.4, 0.5) is 33.6 Å². The topological polar surface area (TPSA) is 563 Å².